The summed E-state index contributed by atoms with van der Waals surface area (Å²) < 4.78 is 0. The van der Waals surface area contributed by atoms with Gasteiger partial charge in [0.05, 0.1) is 0 Å². The molecule has 0 saturated carbocycles. The summed E-state index contributed by atoms with van der Waals surface area (Å²) >= 11 is 0. The Hall–Kier alpha value is 1.40. The molecule has 0 radical (unpaired) electrons. The Labute approximate surface area is 112 Å². The second-order valence-electron chi connectivity index (χ2n) is 0.266. The average Bonchev–Trinajstić information content (AvgIpc) is 1.41. The van der Waals surface area contributed by atoms with E-state index in [-0.39, 0.29) is 80.9 Å². The molecule has 0 aliphatic heterocycles. The summed E-state index contributed by atoms with van der Waals surface area (Å²) in [5.74, 6) is 0. The third-order valence-corrected chi connectivity index (χ3v) is 0. The van der Waals surface area contributed by atoms with Crippen molar-refractivity contribution in [1.82, 2.24) is 0 Å². The van der Waals surface area contributed by atoms with Crippen LogP contribution < -0.4 is 86.0 Å². The fraction of sp³-hybridized carbons (Fsp3) is 0. The molecule has 0 fully saturated rings. The van der Waals surface area contributed by atoms with E-state index in [2.05, 4.69) is 0 Å². The summed E-state index contributed by atoms with van der Waals surface area (Å²) in [6, 6.07) is 0. The maximum atomic E-state index is 8.44. The van der Waals surface area contributed by atoms with Gasteiger partial charge in [0.25, 0.3) is 0 Å². The van der Waals surface area contributed by atoms with Crippen molar-refractivity contribution < 1.29 is 95.9 Å². The molecule has 0 unspecified atom stereocenters. The minimum atomic E-state index is -2.08. The zero-order valence-electron chi connectivity index (χ0n) is 4.71. The molecule has 0 heterocycles. The second kappa shape index (κ2) is 23.8. The Kier molecular flexibility index (Phi) is 67.6. The normalized spacial score (nSPS) is 3.25. The Balaban J connectivity index is -0.0000000183. The van der Waals surface area contributed by atoms with E-state index in [0.29, 0.717) is 0 Å². The van der Waals surface area contributed by atoms with Crippen LogP contribution in [-0.4, -0.2) is 11.3 Å². The fourth-order valence-electron chi connectivity index (χ4n) is 0. The van der Waals surface area contributed by atoms with Crippen LogP contribution in [0.2, 0.25) is 0 Å². The summed E-state index contributed by atoms with van der Waals surface area (Å²) in [7, 11) is 0. The first kappa shape index (κ1) is 22.7. The first-order valence-corrected chi connectivity index (χ1v) is 0.855. The van der Waals surface area contributed by atoms with Crippen LogP contribution in [0.25, 0.3) is 0 Å². The molecular formula is C2HKNNaO3. The molecule has 8 heavy (non-hydrogen) atoms. The average molecular weight is 149 g/mol. The Morgan fingerprint density at radius 1 is 1.62 bits per heavy atom. The number of carbonyl (C=O) groups is 1. The van der Waals surface area contributed by atoms with E-state index >= 15 is 0 Å². The van der Waals surface area contributed by atoms with Crippen LogP contribution in [0, 0.1) is 11.8 Å². The molecule has 0 bridgehead atoms. The van der Waals surface area contributed by atoms with Crippen molar-refractivity contribution >= 4 is 6.16 Å². The minimum absolute atomic E-state index is 0. The quantitative estimate of drug-likeness (QED) is 0.274. The smallest absolute Gasteiger partial charge is 0.565 e. The molecular weight excluding hydrogens is 148 g/mol. The van der Waals surface area contributed by atoms with Crippen molar-refractivity contribution in [3.63, 3.8) is 0 Å². The Morgan fingerprint density at radius 3 is 1.62 bits per heavy atom. The van der Waals surface area contributed by atoms with Gasteiger partial charge in [-0.3, -0.25) is 0 Å². The molecule has 0 aromatic rings. The van der Waals surface area contributed by atoms with E-state index < -0.39 is 6.16 Å². The summed E-state index contributed by atoms with van der Waals surface area (Å²) in [5, 5.41) is 21.6. The van der Waals surface area contributed by atoms with Gasteiger partial charge in [0, 0.05) is 0 Å². The third-order valence-electron chi connectivity index (χ3n) is 0. The van der Waals surface area contributed by atoms with Crippen LogP contribution in [0.1, 0.15) is 0 Å². The summed E-state index contributed by atoms with van der Waals surface area (Å²) in [6.45, 7) is 4.75. The first-order chi connectivity index (χ1) is 2.73. The van der Waals surface area contributed by atoms with Crippen molar-refractivity contribution in [2.75, 3.05) is 0 Å². The van der Waals surface area contributed by atoms with Gasteiger partial charge >= 0.3 is 80.9 Å². The van der Waals surface area contributed by atoms with Gasteiger partial charge < -0.3 is 26.8 Å². The molecule has 0 aliphatic rings. The van der Waals surface area contributed by atoms with E-state index in [1.165, 1.54) is 0 Å². The molecule has 0 amide bonds. The van der Waals surface area contributed by atoms with Crippen LogP contribution in [0.3, 0.4) is 0 Å². The Bertz CT molecular complexity index is 61.5. The number of carboxylic acid groups (broad SMARTS) is 2. The van der Waals surface area contributed by atoms with Gasteiger partial charge in [0.2, 0.25) is 6.16 Å². The van der Waals surface area contributed by atoms with Crippen molar-refractivity contribution in [2.24, 2.45) is 0 Å². The van der Waals surface area contributed by atoms with Crippen molar-refractivity contribution in [3.05, 3.63) is 6.57 Å². The number of hydrogen-bond acceptors (Lipinski definition) is 3. The SMILES string of the molecule is O=C([O-])O.[C-]#N.[K+].[Na+]. The van der Waals surface area contributed by atoms with Crippen LogP contribution >= 0.6 is 0 Å². The Morgan fingerprint density at radius 2 is 1.62 bits per heavy atom. The van der Waals surface area contributed by atoms with Gasteiger partial charge in [-0.25, -0.2) is 0 Å². The van der Waals surface area contributed by atoms with Crippen LogP contribution in [0.15, 0.2) is 0 Å². The number of rotatable bonds is 0. The third kappa shape index (κ3) is 155. The minimum Gasteiger partial charge on any atom is -0.565 e. The molecule has 34 valence electrons. The topological polar surface area (TPSA) is 84.2 Å². The zero-order chi connectivity index (χ0) is 5.58. The predicted octanol–water partition coefficient (Wildman–Crippen LogP) is -7.01. The van der Waals surface area contributed by atoms with Crippen LogP contribution in [0.5, 0.6) is 0 Å². The summed E-state index contributed by atoms with van der Waals surface area (Å²) in [5.41, 5.74) is 0. The van der Waals surface area contributed by atoms with E-state index in [0.717, 1.165) is 0 Å². The van der Waals surface area contributed by atoms with Gasteiger partial charge in [-0.2, -0.15) is 0 Å². The predicted molar refractivity (Wildman–Crippen MR) is 13.0 cm³/mol. The summed E-state index contributed by atoms with van der Waals surface area (Å²) in [6.07, 6.45) is -2.08. The molecule has 0 spiro atoms. The van der Waals surface area contributed by atoms with E-state index in [4.69, 9.17) is 26.8 Å². The zero-order valence-corrected chi connectivity index (χ0v) is 9.83. The van der Waals surface area contributed by atoms with Crippen LogP contribution in [-0.2, 0) is 0 Å². The molecule has 0 saturated heterocycles. The van der Waals surface area contributed by atoms with Gasteiger partial charge in [-0.15, -0.1) is 0 Å². The van der Waals surface area contributed by atoms with Crippen molar-refractivity contribution in [2.45, 2.75) is 0 Å². The second-order valence-corrected chi connectivity index (χ2v) is 0.266. The van der Waals surface area contributed by atoms with Crippen molar-refractivity contribution in [3.8, 4) is 0 Å². The van der Waals surface area contributed by atoms with Crippen molar-refractivity contribution in [1.29, 1.82) is 5.26 Å². The fourth-order valence-corrected chi connectivity index (χ4v) is 0. The number of nitrogens with zero attached hydrogens (tertiary/aromatic N) is 1. The van der Waals surface area contributed by atoms with E-state index in [1.54, 1.807) is 0 Å². The van der Waals surface area contributed by atoms with Gasteiger partial charge in [-0.05, 0) is 0 Å². The molecule has 0 aromatic heterocycles. The molecule has 1 N–H and O–H groups in total. The number of hydrogen-bond donors (Lipinski definition) is 1. The molecule has 0 atom stereocenters. The standard InChI is InChI=1S/CN.CH2O3.K.Na/c1-2;2-1(3)4;;/h;(H2,2,3,4);;/q-1;;2*+1/p-1. The van der Waals surface area contributed by atoms with Gasteiger partial charge in [-0.1, -0.05) is 0 Å². The van der Waals surface area contributed by atoms with Crippen LogP contribution in [0.4, 0.5) is 4.79 Å². The van der Waals surface area contributed by atoms with Gasteiger partial charge in [0.15, 0.2) is 0 Å². The molecule has 6 heteroatoms. The molecule has 0 rings (SSSR count). The molecule has 0 aromatic carbocycles. The van der Waals surface area contributed by atoms with E-state index in [9.17, 15) is 0 Å². The first-order valence-electron chi connectivity index (χ1n) is 0.855. The maximum Gasteiger partial charge on any atom is 1.00 e. The van der Waals surface area contributed by atoms with E-state index in [1.807, 2.05) is 0 Å². The largest absolute Gasteiger partial charge is 1.00 e. The summed E-state index contributed by atoms with van der Waals surface area (Å²) in [4.78, 5) is 8.44. The maximum absolute atomic E-state index is 8.44. The molecule has 4 nitrogen and oxygen atoms in total. The monoisotopic (exact) mass is 149 g/mol. The molecule has 0 aliphatic carbocycles. The van der Waals surface area contributed by atoms with Gasteiger partial charge in [0.1, 0.15) is 0 Å².